The lowest BCUT2D eigenvalue weighted by Gasteiger charge is -2.28. The number of benzene rings is 1. The third kappa shape index (κ3) is 3.12. The van der Waals surface area contributed by atoms with Crippen molar-refractivity contribution in [2.45, 2.75) is 13.0 Å². The third-order valence-corrected chi connectivity index (χ3v) is 4.39. The molecule has 0 spiro atoms. The fraction of sp³-hybridized carbons (Fsp3) is 0.158. The Kier molecular flexibility index (Phi) is 4.29. The number of nitrogens with one attached hydrogen (secondary N) is 2. The molecule has 0 fully saturated rings. The monoisotopic (exact) mass is 362 g/mol. The first kappa shape index (κ1) is 16.8. The molecule has 1 atom stereocenters. The van der Waals surface area contributed by atoms with Gasteiger partial charge in [-0.15, -0.1) is 0 Å². The van der Waals surface area contributed by atoms with Crippen molar-refractivity contribution in [1.82, 2.24) is 19.7 Å². The zero-order valence-corrected chi connectivity index (χ0v) is 14.9. The van der Waals surface area contributed by atoms with Crippen molar-refractivity contribution in [2.24, 2.45) is 0 Å². The van der Waals surface area contributed by atoms with Crippen LogP contribution in [0.25, 0.3) is 0 Å². The van der Waals surface area contributed by atoms with E-state index in [-0.39, 0.29) is 5.91 Å². The van der Waals surface area contributed by atoms with Crippen molar-refractivity contribution in [2.75, 3.05) is 17.7 Å². The lowest BCUT2D eigenvalue weighted by molar-refractivity contribution is -0.113. The normalized spacial score (nSPS) is 15.7. The Morgan fingerprint density at radius 2 is 2.07 bits per heavy atom. The molecule has 4 rings (SSSR count). The lowest BCUT2D eigenvalue weighted by Crippen LogP contribution is -2.31. The van der Waals surface area contributed by atoms with Gasteiger partial charge < -0.3 is 15.4 Å². The zero-order chi connectivity index (χ0) is 18.8. The number of allylic oxidation sites excluding steroid dienone is 1. The summed E-state index contributed by atoms with van der Waals surface area (Å²) in [7, 11) is 1.62. The van der Waals surface area contributed by atoms with Crippen molar-refractivity contribution >= 4 is 17.5 Å². The summed E-state index contributed by atoms with van der Waals surface area (Å²) in [6.07, 6.45) is 4.73. The van der Waals surface area contributed by atoms with Crippen LogP contribution in [-0.4, -0.2) is 32.8 Å². The van der Waals surface area contributed by atoms with Crippen LogP contribution in [0.1, 0.15) is 18.5 Å². The molecule has 1 amide bonds. The zero-order valence-electron chi connectivity index (χ0n) is 14.9. The van der Waals surface area contributed by atoms with E-state index in [1.54, 1.807) is 36.3 Å². The molecule has 136 valence electrons. The number of methoxy groups -OCH3 is 1. The molecule has 3 heterocycles. The molecule has 0 bridgehead atoms. The predicted octanol–water partition coefficient (Wildman–Crippen LogP) is 2.61. The van der Waals surface area contributed by atoms with Gasteiger partial charge >= 0.3 is 0 Å². The van der Waals surface area contributed by atoms with Crippen LogP contribution in [0.2, 0.25) is 0 Å². The van der Waals surface area contributed by atoms with Gasteiger partial charge in [0.25, 0.3) is 5.91 Å². The second-order valence-corrected chi connectivity index (χ2v) is 6.06. The Balaban J connectivity index is 1.75. The van der Waals surface area contributed by atoms with Gasteiger partial charge in [0.2, 0.25) is 5.95 Å². The first-order chi connectivity index (χ1) is 13.2. The van der Waals surface area contributed by atoms with Gasteiger partial charge in [-0.25, -0.2) is 4.68 Å². The molecule has 27 heavy (non-hydrogen) atoms. The van der Waals surface area contributed by atoms with Gasteiger partial charge in [-0.2, -0.15) is 10.1 Å². The highest BCUT2D eigenvalue weighted by atomic mass is 16.5. The van der Waals surface area contributed by atoms with Crippen LogP contribution in [0.3, 0.4) is 0 Å². The van der Waals surface area contributed by atoms with E-state index >= 15 is 0 Å². The van der Waals surface area contributed by atoms with E-state index in [9.17, 15) is 4.79 Å². The smallest absolute Gasteiger partial charge is 0.255 e. The van der Waals surface area contributed by atoms with Gasteiger partial charge in [0.15, 0.2) is 0 Å². The number of anilines is 2. The Morgan fingerprint density at radius 1 is 1.26 bits per heavy atom. The maximum Gasteiger partial charge on any atom is 0.255 e. The fourth-order valence-corrected chi connectivity index (χ4v) is 3.11. The minimum absolute atomic E-state index is 0.227. The quantitative estimate of drug-likeness (QED) is 0.741. The molecule has 0 radical (unpaired) electrons. The van der Waals surface area contributed by atoms with E-state index in [4.69, 9.17) is 4.74 Å². The van der Waals surface area contributed by atoms with Crippen molar-refractivity contribution in [3.63, 3.8) is 0 Å². The number of nitrogens with zero attached hydrogens (tertiary/aromatic N) is 4. The van der Waals surface area contributed by atoms with Crippen molar-refractivity contribution < 1.29 is 9.53 Å². The average molecular weight is 362 g/mol. The maximum absolute atomic E-state index is 13.1. The number of aromatic nitrogens is 4. The topological polar surface area (TPSA) is 94.0 Å². The van der Waals surface area contributed by atoms with E-state index in [1.165, 1.54) is 6.33 Å². The molecule has 8 heteroatoms. The van der Waals surface area contributed by atoms with Gasteiger partial charge in [-0.05, 0) is 36.8 Å². The van der Waals surface area contributed by atoms with Gasteiger partial charge in [0, 0.05) is 11.9 Å². The molecule has 0 saturated carbocycles. The third-order valence-electron chi connectivity index (χ3n) is 4.39. The number of rotatable bonds is 4. The van der Waals surface area contributed by atoms with E-state index in [1.807, 2.05) is 31.2 Å². The highest BCUT2D eigenvalue weighted by molar-refractivity contribution is 6.05. The summed E-state index contributed by atoms with van der Waals surface area (Å²) in [4.78, 5) is 21.4. The lowest BCUT2D eigenvalue weighted by atomic mass is 9.95. The number of carbonyl (C=O) groups excluding carboxylic acids is 1. The molecule has 1 aromatic carbocycles. The molecule has 2 aromatic heterocycles. The molecule has 3 aromatic rings. The van der Waals surface area contributed by atoms with Gasteiger partial charge in [-0.1, -0.05) is 12.1 Å². The number of carbonyl (C=O) groups is 1. The number of hydrogen-bond donors (Lipinski definition) is 2. The standard InChI is InChI=1S/C19H18N6O2/c1-12-16(18(26)24-14-4-3-9-20-10-14)17(25-19(23-12)21-11-22-25)13-5-7-15(27-2)8-6-13/h3-11,17H,1-2H3,(H,24,26)(H,21,22,23)/t17-/m1/s1. The minimum atomic E-state index is -0.411. The summed E-state index contributed by atoms with van der Waals surface area (Å²) >= 11 is 0. The molecule has 0 saturated heterocycles. The Bertz CT molecular complexity index is 995. The van der Waals surface area contributed by atoms with Crippen molar-refractivity contribution in [1.29, 1.82) is 0 Å². The van der Waals surface area contributed by atoms with Crippen molar-refractivity contribution in [3.05, 3.63) is 72.0 Å². The van der Waals surface area contributed by atoms with Crippen LogP contribution in [0.15, 0.2) is 66.4 Å². The maximum atomic E-state index is 13.1. The predicted molar refractivity (Wildman–Crippen MR) is 100 cm³/mol. The Morgan fingerprint density at radius 3 is 2.78 bits per heavy atom. The van der Waals surface area contributed by atoms with Gasteiger partial charge in [-0.3, -0.25) is 9.78 Å². The highest BCUT2D eigenvalue weighted by Gasteiger charge is 2.33. The molecular weight excluding hydrogens is 344 g/mol. The summed E-state index contributed by atoms with van der Waals surface area (Å²) < 4.78 is 6.94. The molecule has 2 N–H and O–H groups in total. The summed E-state index contributed by atoms with van der Waals surface area (Å²) in [5.41, 5.74) is 2.81. The summed E-state index contributed by atoms with van der Waals surface area (Å²) in [6, 6.07) is 10.7. The SMILES string of the molecule is COc1ccc([C@@H]2C(C(=O)Nc3cccnc3)=C(C)Nc3ncnn32)cc1. The first-order valence-corrected chi connectivity index (χ1v) is 8.40. The Labute approximate surface area is 155 Å². The molecular formula is C19H18N6O2. The first-order valence-electron chi connectivity index (χ1n) is 8.40. The number of ether oxygens (including phenoxy) is 1. The van der Waals surface area contributed by atoms with Gasteiger partial charge in [0.05, 0.1) is 24.6 Å². The van der Waals surface area contributed by atoms with Gasteiger partial charge in [0.1, 0.15) is 18.1 Å². The van der Waals surface area contributed by atoms with E-state index in [0.29, 0.717) is 17.2 Å². The largest absolute Gasteiger partial charge is 0.497 e. The second-order valence-electron chi connectivity index (χ2n) is 6.06. The van der Waals surface area contributed by atoms with Crippen LogP contribution in [0, 0.1) is 0 Å². The fourth-order valence-electron chi connectivity index (χ4n) is 3.11. The number of fused-ring (bicyclic) bond motifs is 1. The van der Waals surface area contributed by atoms with E-state index in [2.05, 4.69) is 25.7 Å². The van der Waals surface area contributed by atoms with Crippen LogP contribution in [-0.2, 0) is 4.79 Å². The minimum Gasteiger partial charge on any atom is -0.497 e. The van der Waals surface area contributed by atoms with E-state index < -0.39 is 6.04 Å². The van der Waals surface area contributed by atoms with Crippen LogP contribution in [0.5, 0.6) is 5.75 Å². The molecule has 0 unspecified atom stereocenters. The average Bonchev–Trinajstić information content (AvgIpc) is 3.15. The number of pyridine rings is 1. The molecule has 0 aliphatic carbocycles. The van der Waals surface area contributed by atoms with Crippen molar-refractivity contribution in [3.8, 4) is 5.75 Å². The molecule has 1 aliphatic heterocycles. The summed E-state index contributed by atoms with van der Waals surface area (Å²) in [6.45, 7) is 1.85. The summed E-state index contributed by atoms with van der Waals surface area (Å²) in [5.74, 6) is 1.11. The van der Waals surface area contributed by atoms with Crippen LogP contribution < -0.4 is 15.4 Å². The summed E-state index contributed by atoms with van der Waals surface area (Å²) in [5, 5.41) is 10.4. The number of hydrogen-bond acceptors (Lipinski definition) is 6. The second kappa shape index (κ2) is 6.91. The van der Waals surface area contributed by atoms with Crippen LogP contribution >= 0.6 is 0 Å². The van der Waals surface area contributed by atoms with Crippen LogP contribution in [0.4, 0.5) is 11.6 Å². The number of amides is 1. The Hall–Kier alpha value is -3.68. The highest BCUT2D eigenvalue weighted by Crippen LogP contribution is 2.35. The van der Waals surface area contributed by atoms with E-state index in [0.717, 1.165) is 17.0 Å². The molecule has 1 aliphatic rings. The molecule has 8 nitrogen and oxygen atoms in total.